The van der Waals surface area contributed by atoms with Gasteiger partial charge in [-0.05, 0) is 48.2 Å². The Morgan fingerprint density at radius 3 is 2.60 bits per heavy atom. The molecule has 1 heterocycles. The van der Waals surface area contributed by atoms with Gasteiger partial charge in [-0.25, -0.2) is 0 Å². The number of hydrogen-bond donors (Lipinski definition) is 1. The summed E-state index contributed by atoms with van der Waals surface area (Å²) in [4.78, 5) is 0. The third-order valence-corrected chi connectivity index (χ3v) is 4.18. The maximum Gasteiger partial charge on any atom is 0.127 e. The molecule has 0 fully saturated rings. The van der Waals surface area contributed by atoms with Gasteiger partial charge in [0.05, 0.1) is 12.6 Å². The van der Waals surface area contributed by atoms with Crippen molar-refractivity contribution in [2.45, 2.75) is 26.3 Å². The van der Waals surface area contributed by atoms with E-state index in [4.69, 9.17) is 22.1 Å². The average molecular weight is 288 g/mol. The molecule has 3 rings (SSSR count). The minimum atomic E-state index is -0.207. The molecule has 20 heavy (non-hydrogen) atoms. The Labute approximate surface area is 124 Å². The molecule has 2 N–H and O–H groups in total. The lowest BCUT2D eigenvalue weighted by Gasteiger charge is -2.20. The maximum atomic E-state index is 6.52. The summed E-state index contributed by atoms with van der Waals surface area (Å²) in [6.07, 6.45) is 0.905. The molecule has 2 aromatic carbocycles. The fourth-order valence-corrected chi connectivity index (χ4v) is 3.25. The molecular formula is C17H18ClNO. The van der Waals surface area contributed by atoms with Crippen LogP contribution in [-0.2, 0) is 6.42 Å². The normalized spacial score (nSPS) is 14.8. The van der Waals surface area contributed by atoms with Gasteiger partial charge in [0.15, 0.2) is 0 Å². The van der Waals surface area contributed by atoms with Crippen LogP contribution in [0.25, 0.3) is 0 Å². The van der Waals surface area contributed by atoms with E-state index in [-0.39, 0.29) is 6.04 Å². The average Bonchev–Trinajstić information content (AvgIpc) is 2.85. The lowest BCUT2D eigenvalue weighted by Crippen LogP contribution is -2.16. The van der Waals surface area contributed by atoms with Crippen LogP contribution < -0.4 is 10.5 Å². The molecule has 0 saturated carbocycles. The lowest BCUT2D eigenvalue weighted by atomic mass is 9.90. The number of fused-ring (bicyclic) bond motifs is 1. The Bertz CT molecular complexity index is 646. The van der Waals surface area contributed by atoms with Crippen LogP contribution in [0.15, 0.2) is 30.3 Å². The van der Waals surface area contributed by atoms with Crippen molar-refractivity contribution in [2.24, 2.45) is 5.73 Å². The molecule has 1 atom stereocenters. The molecule has 1 unspecified atom stereocenters. The van der Waals surface area contributed by atoms with Crippen LogP contribution in [0, 0.1) is 13.8 Å². The second kappa shape index (κ2) is 5.12. The summed E-state index contributed by atoms with van der Waals surface area (Å²) in [5, 5.41) is 0.728. The number of rotatable bonds is 2. The highest BCUT2D eigenvalue weighted by molar-refractivity contribution is 6.30. The SMILES string of the molecule is Cc1cccc(C)c1C(N)c1cc(Cl)cc2c1OCC2. The highest BCUT2D eigenvalue weighted by Crippen LogP contribution is 2.38. The largest absolute Gasteiger partial charge is 0.493 e. The van der Waals surface area contributed by atoms with Crippen molar-refractivity contribution >= 4 is 11.6 Å². The summed E-state index contributed by atoms with van der Waals surface area (Å²) in [5.41, 5.74) is 12.2. The molecule has 104 valence electrons. The van der Waals surface area contributed by atoms with Gasteiger partial charge in [0.25, 0.3) is 0 Å². The first-order chi connectivity index (χ1) is 9.58. The molecule has 2 nitrogen and oxygen atoms in total. The van der Waals surface area contributed by atoms with Gasteiger partial charge in [-0.2, -0.15) is 0 Å². The van der Waals surface area contributed by atoms with E-state index in [0.717, 1.165) is 33.9 Å². The first-order valence-electron chi connectivity index (χ1n) is 6.84. The Kier molecular flexibility index (Phi) is 3.45. The Morgan fingerprint density at radius 2 is 1.90 bits per heavy atom. The van der Waals surface area contributed by atoms with Crippen molar-refractivity contribution in [3.63, 3.8) is 0 Å². The zero-order valence-corrected chi connectivity index (χ0v) is 12.5. The summed E-state index contributed by atoms with van der Waals surface area (Å²) in [7, 11) is 0. The smallest absolute Gasteiger partial charge is 0.127 e. The van der Waals surface area contributed by atoms with Crippen molar-refractivity contribution in [1.29, 1.82) is 0 Å². The summed E-state index contributed by atoms with van der Waals surface area (Å²) in [6, 6.07) is 9.94. The fraction of sp³-hybridized carbons (Fsp3) is 0.294. The molecule has 3 heteroatoms. The molecule has 0 aliphatic carbocycles. The second-order valence-corrected chi connectivity index (χ2v) is 5.80. The molecule has 2 aromatic rings. The first-order valence-corrected chi connectivity index (χ1v) is 7.22. The Hall–Kier alpha value is -1.51. The van der Waals surface area contributed by atoms with Crippen molar-refractivity contribution < 1.29 is 4.74 Å². The minimum Gasteiger partial charge on any atom is -0.493 e. The Balaban J connectivity index is 2.14. The molecular weight excluding hydrogens is 270 g/mol. The van der Waals surface area contributed by atoms with E-state index in [1.807, 2.05) is 12.1 Å². The zero-order valence-electron chi connectivity index (χ0n) is 11.7. The number of aryl methyl sites for hydroxylation is 2. The topological polar surface area (TPSA) is 35.2 Å². The number of nitrogens with two attached hydrogens (primary N) is 1. The van der Waals surface area contributed by atoms with Crippen molar-refractivity contribution in [3.8, 4) is 5.75 Å². The van der Waals surface area contributed by atoms with Gasteiger partial charge < -0.3 is 10.5 Å². The molecule has 0 amide bonds. The maximum absolute atomic E-state index is 6.52. The van der Waals surface area contributed by atoms with E-state index < -0.39 is 0 Å². The van der Waals surface area contributed by atoms with Gasteiger partial charge in [0.2, 0.25) is 0 Å². The molecule has 1 aliphatic rings. The van der Waals surface area contributed by atoms with E-state index in [2.05, 4.69) is 32.0 Å². The van der Waals surface area contributed by atoms with Gasteiger partial charge in [-0.15, -0.1) is 0 Å². The molecule has 0 radical (unpaired) electrons. The van der Waals surface area contributed by atoms with E-state index in [0.29, 0.717) is 6.61 Å². The lowest BCUT2D eigenvalue weighted by molar-refractivity contribution is 0.352. The number of halogens is 1. The number of hydrogen-bond acceptors (Lipinski definition) is 2. The standard InChI is InChI=1S/C17H18ClNO/c1-10-4-3-5-11(2)15(10)16(19)14-9-13(18)8-12-6-7-20-17(12)14/h3-5,8-9,16H,6-7,19H2,1-2H3. The van der Waals surface area contributed by atoms with Gasteiger partial charge in [0.1, 0.15) is 5.75 Å². The van der Waals surface area contributed by atoms with Gasteiger partial charge >= 0.3 is 0 Å². The zero-order chi connectivity index (χ0) is 14.3. The molecule has 0 aromatic heterocycles. The quantitative estimate of drug-likeness (QED) is 0.908. The minimum absolute atomic E-state index is 0.207. The van der Waals surface area contributed by atoms with E-state index in [1.54, 1.807) is 0 Å². The van der Waals surface area contributed by atoms with Gasteiger partial charge in [0, 0.05) is 17.0 Å². The first kappa shape index (κ1) is 13.5. The molecule has 0 bridgehead atoms. The van der Waals surface area contributed by atoms with Crippen molar-refractivity contribution in [3.05, 3.63) is 63.2 Å². The number of ether oxygens (including phenoxy) is 1. The molecule has 1 aliphatic heterocycles. The third kappa shape index (κ3) is 2.19. The summed E-state index contributed by atoms with van der Waals surface area (Å²) in [6.45, 7) is 4.89. The van der Waals surface area contributed by atoms with Crippen LogP contribution in [0.1, 0.15) is 33.9 Å². The summed E-state index contributed by atoms with van der Waals surface area (Å²) in [5.74, 6) is 0.921. The fourth-order valence-electron chi connectivity index (χ4n) is 3.00. The highest BCUT2D eigenvalue weighted by atomic mass is 35.5. The van der Waals surface area contributed by atoms with Crippen LogP contribution in [0.4, 0.5) is 0 Å². The van der Waals surface area contributed by atoms with Crippen molar-refractivity contribution in [1.82, 2.24) is 0 Å². The van der Waals surface area contributed by atoms with Crippen LogP contribution in [0.5, 0.6) is 5.75 Å². The summed E-state index contributed by atoms with van der Waals surface area (Å²) >= 11 is 6.23. The molecule has 0 saturated heterocycles. The highest BCUT2D eigenvalue weighted by Gasteiger charge is 2.23. The van der Waals surface area contributed by atoms with Gasteiger partial charge in [-0.3, -0.25) is 0 Å². The van der Waals surface area contributed by atoms with E-state index in [1.165, 1.54) is 11.1 Å². The van der Waals surface area contributed by atoms with Crippen LogP contribution in [0.2, 0.25) is 5.02 Å². The monoisotopic (exact) mass is 287 g/mol. The third-order valence-electron chi connectivity index (χ3n) is 3.97. The summed E-state index contributed by atoms with van der Waals surface area (Å²) < 4.78 is 5.77. The van der Waals surface area contributed by atoms with Crippen LogP contribution >= 0.6 is 11.6 Å². The van der Waals surface area contributed by atoms with Crippen LogP contribution in [-0.4, -0.2) is 6.61 Å². The van der Waals surface area contributed by atoms with E-state index in [9.17, 15) is 0 Å². The number of benzene rings is 2. The van der Waals surface area contributed by atoms with Crippen molar-refractivity contribution in [2.75, 3.05) is 6.61 Å². The molecule has 0 spiro atoms. The van der Waals surface area contributed by atoms with Gasteiger partial charge in [-0.1, -0.05) is 29.8 Å². The predicted octanol–water partition coefficient (Wildman–Crippen LogP) is 3.94. The predicted molar refractivity (Wildman–Crippen MR) is 82.6 cm³/mol. The Morgan fingerprint density at radius 1 is 1.20 bits per heavy atom. The van der Waals surface area contributed by atoms with E-state index >= 15 is 0 Å². The second-order valence-electron chi connectivity index (χ2n) is 5.36. The van der Waals surface area contributed by atoms with Crippen LogP contribution in [0.3, 0.4) is 0 Å².